The highest BCUT2D eigenvalue weighted by atomic mass is 16.5. The van der Waals surface area contributed by atoms with E-state index in [1.165, 1.54) is 0 Å². The van der Waals surface area contributed by atoms with Gasteiger partial charge in [-0.2, -0.15) is 0 Å². The van der Waals surface area contributed by atoms with Gasteiger partial charge in [0.25, 0.3) is 0 Å². The van der Waals surface area contributed by atoms with Crippen LogP contribution in [0.15, 0.2) is 48.5 Å². The number of carbonyl (C=O) groups is 2. The Morgan fingerprint density at radius 3 is 2.12 bits per heavy atom. The highest BCUT2D eigenvalue weighted by Crippen LogP contribution is 2.22. The molecule has 6 nitrogen and oxygen atoms in total. The highest BCUT2D eigenvalue weighted by molar-refractivity contribution is 5.95. The topological polar surface area (TPSA) is 79.5 Å². The number of rotatable bonds is 8. The van der Waals surface area contributed by atoms with E-state index in [-0.39, 0.29) is 18.4 Å². The Hall–Kier alpha value is -3.02. The lowest BCUT2D eigenvalue weighted by molar-refractivity contribution is -0.116. The first kappa shape index (κ1) is 18.3. The van der Waals surface area contributed by atoms with Crippen LogP contribution < -0.4 is 20.7 Å². The molecule has 0 aromatic heterocycles. The molecule has 2 amide bonds. The van der Waals surface area contributed by atoms with Gasteiger partial charge in [-0.15, -0.1) is 0 Å². The standard InChI is InChI=1S/C19H23N3O3/c1-3-6-18(23)21-14-9-11-15(12-10-14)22-19(24)13-20-16-7-4-5-8-17(16)25-2/h4-5,7-12,20H,3,6,13H2,1-2H3,(H,21,23)(H,22,24). The van der Waals surface area contributed by atoms with Gasteiger partial charge >= 0.3 is 0 Å². The molecule has 3 N–H and O–H groups in total. The molecular formula is C19H23N3O3. The first-order valence-corrected chi connectivity index (χ1v) is 8.19. The van der Waals surface area contributed by atoms with Crippen molar-refractivity contribution in [1.29, 1.82) is 0 Å². The Labute approximate surface area is 147 Å². The molecule has 0 saturated heterocycles. The van der Waals surface area contributed by atoms with Crippen LogP contribution in [0.25, 0.3) is 0 Å². The summed E-state index contributed by atoms with van der Waals surface area (Å²) < 4.78 is 5.23. The van der Waals surface area contributed by atoms with Crippen molar-refractivity contribution in [2.75, 3.05) is 29.6 Å². The van der Waals surface area contributed by atoms with Crippen molar-refractivity contribution >= 4 is 28.9 Å². The van der Waals surface area contributed by atoms with Crippen molar-refractivity contribution < 1.29 is 14.3 Å². The maximum absolute atomic E-state index is 12.0. The van der Waals surface area contributed by atoms with Crippen LogP contribution in [0.2, 0.25) is 0 Å². The van der Waals surface area contributed by atoms with Gasteiger partial charge in [-0.1, -0.05) is 19.1 Å². The molecule has 0 spiro atoms. The lowest BCUT2D eigenvalue weighted by atomic mass is 10.2. The third kappa shape index (κ3) is 5.84. The fourth-order valence-corrected chi connectivity index (χ4v) is 2.26. The number of methoxy groups -OCH3 is 1. The van der Waals surface area contributed by atoms with E-state index in [4.69, 9.17) is 4.74 Å². The van der Waals surface area contributed by atoms with E-state index in [1.54, 1.807) is 31.4 Å². The zero-order valence-corrected chi connectivity index (χ0v) is 14.5. The molecule has 0 bridgehead atoms. The van der Waals surface area contributed by atoms with Gasteiger partial charge in [0, 0.05) is 17.8 Å². The SMILES string of the molecule is CCCC(=O)Nc1ccc(NC(=O)CNc2ccccc2OC)cc1. The molecule has 0 aliphatic rings. The van der Waals surface area contributed by atoms with Crippen molar-refractivity contribution in [2.45, 2.75) is 19.8 Å². The molecular weight excluding hydrogens is 318 g/mol. The van der Waals surface area contributed by atoms with E-state index in [2.05, 4.69) is 16.0 Å². The smallest absolute Gasteiger partial charge is 0.243 e. The van der Waals surface area contributed by atoms with E-state index in [0.717, 1.165) is 12.1 Å². The number of para-hydroxylation sites is 2. The Balaban J connectivity index is 1.85. The zero-order valence-electron chi connectivity index (χ0n) is 14.5. The van der Waals surface area contributed by atoms with E-state index in [0.29, 0.717) is 23.5 Å². The minimum absolute atomic E-state index is 0.0136. The summed E-state index contributed by atoms with van der Waals surface area (Å²) in [6.45, 7) is 2.08. The Morgan fingerprint density at radius 1 is 0.920 bits per heavy atom. The first-order chi connectivity index (χ1) is 12.1. The summed E-state index contributed by atoms with van der Waals surface area (Å²) in [4.78, 5) is 23.6. The molecule has 2 aromatic rings. The van der Waals surface area contributed by atoms with Crippen LogP contribution in [0.5, 0.6) is 5.75 Å². The van der Waals surface area contributed by atoms with Gasteiger partial charge in [0.1, 0.15) is 5.75 Å². The van der Waals surface area contributed by atoms with Crippen LogP contribution in [-0.4, -0.2) is 25.5 Å². The van der Waals surface area contributed by atoms with Crippen LogP contribution >= 0.6 is 0 Å². The Morgan fingerprint density at radius 2 is 1.52 bits per heavy atom. The van der Waals surface area contributed by atoms with Crippen molar-refractivity contribution in [3.8, 4) is 5.75 Å². The summed E-state index contributed by atoms with van der Waals surface area (Å²) in [6.07, 6.45) is 1.30. The molecule has 0 unspecified atom stereocenters. The van der Waals surface area contributed by atoms with Crippen LogP contribution in [0.4, 0.5) is 17.1 Å². The second kappa shape index (κ2) is 9.32. The van der Waals surface area contributed by atoms with Crippen LogP contribution in [0, 0.1) is 0 Å². The van der Waals surface area contributed by atoms with Crippen LogP contribution in [0.1, 0.15) is 19.8 Å². The number of carbonyl (C=O) groups excluding carboxylic acids is 2. The molecule has 2 aromatic carbocycles. The Bertz CT molecular complexity index is 714. The number of benzene rings is 2. The predicted octanol–water partition coefficient (Wildman–Crippen LogP) is 3.48. The number of amides is 2. The van der Waals surface area contributed by atoms with Crippen LogP contribution in [-0.2, 0) is 9.59 Å². The lowest BCUT2D eigenvalue weighted by Gasteiger charge is -2.11. The van der Waals surface area contributed by atoms with Gasteiger partial charge in [0.2, 0.25) is 11.8 Å². The van der Waals surface area contributed by atoms with Gasteiger partial charge in [-0.25, -0.2) is 0 Å². The van der Waals surface area contributed by atoms with E-state index in [9.17, 15) is 9.59 Å². The zero-order chi connectivity index (χ0) is 18.1. The minimum atomic E-state index is -0.173. The van der Waals surface area contributed by atoms with E-state index in [1.807, 2.05) is 31.2 Å². The number of anilines is 3. The molecule has 6 heteroatoms. The second-order valence-corrected chi connectivity index (χ2v) is 5.48. The van der Waals surface area contributed by atoms with Gasteiger partial charge in [0.05, 0.1) is 19.3 Å². The molecule has 25 heavy (non-hydrogen) atoms. The van der Waals surface area contributed by atoms with E-state index >= 15 is 0 Å². The fraction of sp³-hybridized carbons (Fsp3) is 0.263. The molecule has 0 radical (unpaired) electrons. The molecule has 0 fully saturated rings. The van der Waals surface area contributed by atoms with Gasteiger partial charge in [-0.05, 0) is 42.8 Å². The molecule has 2 rings (SSSR count). The van der Waals surface area contributed by atoms with Crippen molar-refractivity contribution in [3.63, 3.8) is 0 Å². The first-order valence-electron chi connectivity index (χ1n) is 8.19. The molecule has 0 aliphatic carbocycles. The van der Waals surface area contributed by atoms with Gasteiger partial charge in [-0.3, -0.25) is 9.59 Å². The average Bonchev–Trinajstić information content (AvgIpc) is 2.62. The molecule has 0 aliphatic heterocycles. The predicted molar refractivity (Wildman–Crippen MR) is 100 cm³/mol. The van der Waals surface area contributed by atoms with Crippen molar-refractivity contribution in [3.05, 3.63) is 48.5 Å². The molecule has 0 saturated carbocycles. The maximum Gasteiger partial charge on any atom is 0.243 e. The van der Waals surface area contributed by atoms with Crippen molar-refractivity contribution in [1.82, 2.24) is 0 Å². The minimum Gasteiger partial charge on any atom is -0.495 e. The molecule has 0 heterocycles. The molecule has 0 atom stereocenters. The normalized spacial score (nSPS) is 10.0. The molecule has 132 valence electrons. The van der Waals surface area contributed by atoms with Gasteiger partial charge < -0.3 is 20.7 Å². The number of hydrogen-bond acceptors (Lipinski definition) is 4. The second-order valence-electron chi connectivity index (χ2n) is 5.48. The lowest BCUT2D eigenvalue weighted by Crippen LogP contribution is -2.22. The third-order valence-electron chi connectivity index (χ3n) is 3.48. The quantitative estimate of drug-likeness (QED) is 0.687. The average molecular weight is 341 g/mol. The highest BCUT2D eigenvalue weighted by Gasteiger charge is 2.06. The summed E-state index contributed by atoms with van der Waals surface area (Å²) >= 11 is 0. The number of nitrogens with one attached hydrogen (secondary N) is 3. The third-order valence-corrected chi connectivity index (χ3v) is 3.48. The monoisotopic (exact) mass is 341 g/mol. The largest absolute Gasteiger partial charge is 0.495 e. The Kier molecular flexibility index (Phi) is 6.83. The van der Waals surface area contributed by atoms with Gasteiger partial charge in [0.15, 0.2) is 0 Å². The summed E-state index contributed by atoms with van der Waals surface area (Å²) in [6, 6.07) is 14.4. The number of ether oxygens (including phenoxy) is 1. The summed E-state index contributed by atoms with van der Waals surface area (Å²) in [5.74, 6) is 0.497. The number of hydrogen-bond donors (Lipinski definition) is 3. The van der Waals surface area contributed by atoms with Crippen LogP contribution in [0.3, 0.4) is 0 Å². The summed E-state index contributed by atoms with van der Waals surface area (Å²) in [5, 5.41) is 8.65. The van der Waals surface area contributed by atoms with Crippen molar-refractivity contribution in [2.24, 2.45) is 0 Å². The summed E-state index contributed by atoms with van der Waals surface area (Å²) in [5.41, 5.74) is 2.14. The summed E-state index contributed by atoms with van der Waals surface area (Å²) in [7, 11) is 1.58. The fourth-order valence-electron chi connectivity index (χ4n) is 2.26. The maximum atomic E-state index is 12.0. The van der Waals surface area contributed by atoms with E-state index < -0.39 is 0 Å².